The quantitative estimate of drug-likeness (QED) is 0.780. The van der Waals surface area contributed by atoms with Gasteiger partial charge in [-0.15, -0.1) is 0 Å². The largest absolute Gasteiger partial charge is 0.386 e. The van der Waals surface area contributed by atoms with Crippen molar-refractivity contribution >= 4 is 39.1 Å². The van der Waals surface area contributed by atoms with Crippen LogP contribution in [0.4, 0.5) is 8.78 Å². The Labute approximate surface area is 132 Å². The fourth-order valence-electron chi connectivity index (χ4n) is 1.72. The number of rotatable bonds is 3. The van der Waals surface area contributed by atoms with E-state index in [1.807, 2.05) is 0 Å². The molecule has 1 heterocycles. The van der Waals surface area contributed by atoms with Gasteiger partial charge in [-0.25, -0.2) is 8.78 Å². The molecule has 1 N–H and O–H groups in total. The third-order valence-corrected chi connectivity index (χ3v) is 3.81. The molecule has 2 nitrogen and oxygen atoms in total. The average molecular weight is 383 g/mol. The van der Waals surface area contributed by atoms with Crippen LogP contribution in [0.3, 0.4) is 0 Å². The molecule has 0 bridgehead atoms. The number of aliphatic hydroxyl groups excluding tert-OH is 1. The van der Waals surface area contributed by atoms with Crippen LogP contribution < -0.4 is 0 Å². The normalized spacial score (nSPS) is 12.5. The minimum absolute atomic E-state index is 0.120. The van der Waals surface area contributed by atoms with Crippen molar-refractivity contribution in [2.24, 2.45) is 0 Å². The first-order valence-electron chi connectivity index (χ1n) is 5.51. The maximum Gasteiger partial charge on any atom is 0.143 e. The van der Waals surface area contributed by atoms with Crippen LogP contribution in [-0.4, -0.2) is 10.1 Å². The van der Waals surface area contributed by atoms with Crippen LogP contribution in [-0.2, 0) is 6.42 Å². The number of benzene rings is 1. The van der Waals surface area contributed by atoms with Gasteiger partial charge in [0.1, 0.15) is 17.7 Å². The summed E-state index contributed by atoms with van der Waals surface area (Å²) in [6.07, 6.45) is -0.219. The molecule has 1 aromatic heterocycles. The molecular weight excluding hydrogens is 375 g/mol. The highest BCUT2D eigenvalue weighted by molar-refractivity contribution is 9.10. The van der Waals surface area contributed by atoms with E-state index in [4.69, 9.17) is 23.2 Å². The van der Waals surface area contributed by atoms with Crippen LogP contribution >= 0.6 is 39.1 Å². The van der Waals surface area contributed by atoms with Crippen LogP contribution in [0.2, 0.25) is 10.0 Å². The standard InChI is InChI=1S/C13H8BrCl2F2NO/c14-8-1-2-10(17)7(12(8)18)4-11(20)13-9(16)3-6(15)5-19-13/h1-3,5,11,20H,4H2. The second kappa shape index (κ2) is 6.35. The van der Waals surface area contributed by atoms with Crippen molar-refractivity contribution < 1.29 is 13.9 Å². The summed E-state index contributed by atoms with van der Waals surface area (Å²) in [5, 5.41) is 10.5. The van der Waals surface area contributed by atoms with E-state index in [2.05, 4.69) is 20.9 Å². The Balaban J connectivity index is 2.32. The first-order chi connectivity index (χ1) is 9.40. The first kappa shape index (κ1) is 15.6. The van der Waals surface area contributed by atoms with Crippen molar-refractivity contribution in [2.45, 2.75) is 12.5 Å². The third kappa shape index (κ3) is 3.28. The fourth-order valence-corrected chi connectivity index (χ4v) is 2.59. The number of aliphatic hydroxyl groups is 1. The van der Waals surface area contributed by atoms with E-state index in [0.717, 1.165) is 6.07 Å². The topological polar surface area (TPSA) is 33.1 Å². The molecule has 2 aromatic rings. The van der Waals surface area contributed by atoms with Crippen LogP contribution in [0.5, 0.6) is 0 Å². The number of nitrogens with zero attached hydrogens (tertiary/aromatic N) is 1. The van der Waals surface area contributed by atoms with E-state index in [9.17, 15) is 13.9 Å². The van der Waals surface area contributed by atoms with Crippen LogP contribution in [0.25, 0.3) is 0 Å². The lowest BCUT2D eigenvalue weighted by atomic mass is 10.0. The minimum Gasteiger partial charge on any atom is -0.386 e. The van der Waals surface area contributed by atoms with E-state index in [1.165, 1.54) is 18.3 Å². The number of hydrogen-bond acceptors (Lipinski definition) is 2. The van der Waals surface area contributed by atoms with Gasteiger partial charge in [0.05, 0.1) is 20.2 Å². The zero-order valence-electron chi connectivity index (χ0n) is 9.88. The highest BCUT2D eigenvalue weighted by Gasteiger charge is 2.20. The Morgan fingerprint density at radius 3 is 2.65 bits per heavy atom. The van der Waals surface area contributed by atoms with Gasteiger partial charge in [-0.05, 0) is 34.1 Å². The van der Waals surface area contributed by atoms with E-state index in [1.54, 1.807) is 0 Å². The highest BCUT2D eigenvalue weighted by atomic mass is 79.9. The van der Waals surface area contributed by atoms with Crippen molar-refractivity contribution in [2.75, 3.05) is 0 Å². The smallest absolute Gasteiger partial charge is 0.143 e. The minimum atomic E-state index is -1.24. The van der Waals surface area contributed by atoms with Gasteiger partial charge in [-0.3, -0.25) is 4.98 Å². The summed E-state index contributed by atoms with van der Waals surface area (Å²) in [7, 11) is 0. The van der Waals surface area contributed by atoms with Crippen molar-refractivity contribution in [1.29, 1.82) is 0 Å². The lowest BCUT2D eigenvalue weighted by Crippen LogP contribution is -2.08. The second-order valence-electron chi connectivity index (χ2n) is 4.06. The zero-order valence-corrected chi connectivity index (χ0v) is 13.0. The van der Waals surface area contributed by atoms with Gasteiger partial charge in [0.15, 0.2) is 0 Å². The summed E-state index contributed by atoms with van der Waals surface area (Å²) in [6.45, 7) is 0. The molecule has 0 radical (unpaired) electrons. The van der Waals surface area contributed by atoms with Gasteiger partial charge >= 0.3 is 0 Å². The molecule has 1 atom stereocenters. The van der Waals surface area contributed by atoms with Crippen LogP contribution in [0.1, 0.15) is 17.4 Å². The Bertz CT molecular complexity index is 655. The molecule has 0 saturated carbocycles. The summed E-state index contributed by atoms with van der Waals surface area (Å²) < 4.78 is 27.6. The number of aromatic nitrogens is 1. The van der Waals surface area contributed by atoms with Gasteiger partial charge in [0.2, 0.25) is 0 Å². The third-order valence-electron chi connectivity index (χ3n) is 2.69. The summed E-state index contributed by atoms with van der Waals surface area (Å²) in [5.74, 6) is -1.50. The van der Waals surface area contributed by atoms with E-state index >= 15 is 0 Å². The van der Waals surface area contributed by atoms with E-state index in [-0.39, 0.29) is 27.2 Å². The average Bonchev–Trinajstić information content (AvgIpc) is 2.39. The Kier molecular flexibility index (Phi) is 4.96. The Morgan fingerprint density at radius 2 is 2.00 bits per heavy atom. The lowest BCUT2D eigenvalue weighted by Gasteiger charge is -2.13. The predicted molar refractivity (Wildman–Crippen MR) is 77.0 cm³/mol. The number of pyridine rings is 1. The van der Waals surface area contributed by atoms with Crippen molar-refractivity contribution in [3.63, 3.8) is 0 Å². The summed E-state index contributed by atoms with van der Waals surface area (Å²) >= 11 is 14.6. The second-order valence-corrected chi connectivity index (χ2v) is 5.76. The molecule has 0 spiro atoms. The molecule has 7 heteroatoms. The van der Waals surface area contributed by atoms with Gasteiger partial charge in [-0.1, -0.05) is 23.2 Å². The van der Waals surface area contributed by atoms with Gasteiger partial charge in [0, 0.05) is 18.2 Å². The molecule has 1 unspecified atom stereocenters. The van der Waals surface area contributed by atoms with Gasteiger partial charge in [0.25, 0.3) is 0 Å². The molecule has 0 aliphatic carbocycles. The summed E-state index contributed by atoms with van der Waals surface area (Å²) in [5.41, 5.74) is -0.116. The van der Waals surface area contributed by atoms with Crippen LogP contribution in [0.15, 0.2) is 28.9 Å². The van der Waals surface area contributed by atoms with Crippen molar-refractivity contribution in [3.05, 3.63) is 61.8 Å². The molecule has 1 aromatic carbocycles. The SMILES string of the molecule is OC(Cc1c(F)ccc(Br)c1F)c1ncc(Cl)cc1Cl. The molecule has 0 aliphatic rings. The Hall–Kier alpha value is -0.750. The molecule has 0 aliphatic heterocycles. The van der Waals surface area contributed by atoms with Crippen molar-refractivity contribution in [3.8, 4) is 0 Å². The van der Waals surface area contributed by atoms with E-state index < -0.39 is 17.7 Å². The van der Waals surface area contributed by atoms with Gasteiger partial charge < -0.3 is 5.11 Å². The first-order valence-corrected chi connectivity index (χ1v) is 7.06. The zero-order chi connectivity index (χ0) is 14.9. The van der Waals surface area contributed by atoms with Crippen molar-refractivity contribution in [1.82, 2.24) is 4.98 Å². The summed E-state index contributed by atoms with van der Waals surface area (Å²) in [4.78, 5) is 3.89. The molecule has 0 fully saturated rings. The lowest BCUT2D eigenvalue weighted by molar-refractivity contribution is 0.171. The monoisotopic (exact) mass is 381 g/mol. The van der Waals surface area contributed by atoms with E-state index in [0.29, 0.717) is 5.02 Å². The highest BCUT2D eigenvalue weighted by Crippen LogP contribution is 2.29. The molecular formula is C13H8BrCl2F2NO. The number of halogens is 5. The molecule has 2 rings (SSSR count). The molecule has 0 amide bonds. The molecule has 20 heavy (non-hydrogen) atoms. The van der Waals surface area contributed by atoms with Gasteiger partial charge in [-0.2, -0.15) is 0 Å². The number of hydrogen-bond donors (Lipinski definition) is 1. The maximum absolute atomic E-state index is 13.8. The fraction of sp³-hybridized carbons (Fsp3) is 0.154. The maximum atomic E-state index is 13.8. The molecule has 106 valence electrons. The Morgan fingerprint density at radius 1 is 1.30 bits per heavy atom. The molecule has 0 saturated heterocycles. The predicted octanol–water partition coefficient (Wildman–Crippen LogP) is 4.71. The van der Waals surface area contributed by atoms with Crippen LogP contribution in [0, 0.1) is 11.6 Å². The summed E-state index contributed by atoms with van der Waals surface area (Å²) in [6, 6.07) is 3.78.